The van der Waals surface area contributed by atoms with Crippen molar-refractivity contribution in [2.24, 2.45) is 0 Å². The Morgan fingerprint density at radius 1 is 0.934 bits per heavy atom. The average molecular weight is 824 g/mol. The van der Waals surface area contributed by atoms with E-state index in [0.717, 1.165) is 97.4 Å². The number of carbonyl (C=O) groups is 5. The van der Waals surface area contributed by atoms with Crippen molar-refractivity contribution in [3.63, 3.8) is 0 Å². The first-order valence-electron chi connectivity index (χ1n) is 21.9. The molecule has 3 aromatic carbocycles. The van der Waals surface area contributed by atoms with Crippen molar-refractivity contribution in [2.45, 2.75) is 96.2 Å². The van der Waals surface area contributed by atoms with Crippen LogP contribution < -0.4 is 15.0 Å². The lowest BCUT2D eigenvalue weighted by atomic mass is 9.70. The lowest BCUT2D eigenvalue weighted by Crippen LogP contribution is -2.54. The molecule has 316 valence electrons. The van der Waals surface area contributed by atoms with Gasteiger partial charge in [0.2, 0.25) is 17.7 Å². The number of piperidine rings is 2. The predicted octanol–water partition coefficient (Wildman–Crippen LogP) is 6.27. The average Bonchev–Trinajstić information content (AvgIpc) is 3.83. The van der Waals surface area contributed by atoms with Gasteiger partial charge < -0.3 is 24.4 Å². The largest absolute Gasteiger partial charge is 0.493 e. The maximum atomic E-state index is 14.1. The van der Waals surface area contributed by atoms with E-state index >= 15 is 0 Å². The zero-order valence-electron chi connectivity index (χ0n) is 35.3. The standard InChI is InChI=1S/C48H53N7O6/c1-5-29-25-34-36(48(2,3)45-43(44(34)58)33-13-12-30(49-4)26-37(33)50-45)27-39(29)53-18-16-31(17-19-53)52-20-22-54(23-21-52)42(57)11-6-7-24-61-40-10-8-9-32-35(40)28-55(47(32)60)38-14-15-41(56)51-46(38)59/h8-10,12-13,25-27,31,38,50H,5-7,11,14-24,28H2,1-3H3,(H,51,56,59). The van der Waals surface area contributed by atoms with Crippen LogP contribution in [0, 0.1) is 6.57 Å². The molecule has 2 N–H and O–H groups in total. The molecule has 1 aliphatic carbocycles. The monoisotopic (exact) mass is 823 g/mol. The third-order valence-corrected chi connectivity index (χ3v) is 13.9. The second kappa shape index (κ2) is 16.1. The van der Waals surface area contributed by atoms with Crippen LogP contribution in [0.15, 0.2) is 48.5 Å². The van der Waals surface area contributed by atoms with Crippen LogP contribution in [-0.4, -0.2) is 107 Å². The van der Waals surface area contributed by atoms with Crippen molar-refractivity contribution in [1.82, 2.24) is 25.0 Å². The van der Waals surface area contributed by atoms with Gasteiger partial charge in [-0.25, -0.2) is 4.85 Å². The Kier molecular flexibility index (Phi) is 10.7. The summed E-state index contributed by atoms with van der Waals surface area (Å²) in [4.78, 5) is 80.3. The number of hydrogen-bond donors (Lipinski definition) is 2. The fourth-order valence-corrected chi connectivity index (χ4v) is 10.4. The van der Waals surface area contributed by atoms with E-state index in [2.05, 4.69) is 57.8 Å². The Morgan fingerprint density at radius 2 is 1.72 bits per heavy atom. The number of imide groups is 1. The second-order valence-electron chi connectivity index (χ2n) is 17.7. The van der Waals surface area contributed by atoms with Crippen molar-refractivity contribution in [1.29, 1.82) is 0 Å². The highest BCUT2D eigenvalue weighted by Gasteiger charge is 2.42. The van der Waals surface area contributed by atoms with Gasteiger partial charge in [-0.3, -0.25) is 34.2 Å². The summed E-state index contributed by atoms with van der Waals surface area (Å²) in [5.41, 5.74) is 8.11. The predicted molar refractivity (Wildman–Crippen MR) is 231 cm³/mol. The summed E-state index contributed by atoms with van der Waals surface area (Å²) in [6.45, 7) is 19.7. The Morgan fingerprint density at radius 3 is 2.46 bits per heavy atom. The number of ketones is 1. The van der Waals surface area contributed by atoms with Crippen molar-refractivity contribution < 1.29 is 28.7 Å². The van der Waals surface area contributed by atoms with Crippen LogP contribution in [0.1, 0.15) is 114 Å². The molecule has 3 saturated heterocycles. The molecule has 13 nitrogen and oxygen atoms in total. The lowest BCUT2D eigenvalue weighted by Gasteiger charge is -2.44. The molecular formula is C48H53N7O6. The smallest absolute Gasteiger partial charge is 0.255 e. The number of nitrogens with zero attached hydrogens (tertiary/aromatic N) is 5. The number of aromatic nitrogens is 1. The summed E-state index contributed by atoms with van der Waals surface area (Å²) >= 11 is 0. The molecule has 9 rings (SSSR count). The lowest BCUT2D eigenvalue weighted by molar-refractivity contribution is -0.137. The number of nitrogens with one attached hydrogen (secondary N) is 2. The van der Waals surface area contributed by atoms with Gasteiger partial charge in [-0.15, -0.1) is 0 Å². The van der Waals surface area contributed by atoms with E-state index in [9.17, 15) is 24.0 Å². The molecule has 5 heterocycles. The van der Waals surface area contributed by atoms with Crippen LogP contribution in [-0.2, 0) is 32.8 Å². The van der Waals surface area contributed by atoms with Crippen LogP contribution in [0.2, 0.25) is 0 Å². The molecule has 4 aliphatic heterocycles. The summed E-state index contributed by atoms with van der Waals surface area (Å²) in [6, 6.07) is 15.1. The van der Waals surface area contributed by atoms with Gasteiger partial charge in [-0.1, -0.05) is 39.0 Å². The zero-order valence-corrected chi connectivity index (χ0v) is 35.3. The summed E-state index contributed by atoms with van der Waals surface area (Å²) < 4.78 is 6.11. The molecule has 0 bridgehead atoms. The number of anilines is 1. The van der Waals surface area contributed by atoms with Gasteiger partial charge in [0, 0.05) is 103 Å². The van der Waals surface area contributed by atoms with Crippen LogP contribution in [0.4, 0.5) is 11.4 Å². The number of H-pyrrole nitrogens is 1. The Balaban J connectivity index is 0.746. The molecule has 61 heavy (non-hydrogen) atoms. The molecule has 1 unspecified atom stereocenters. The molecule has 3 fully saturated rings. The molecule has 0 radical (unpaired) electrons. The maximum Gasteiger partial charge on any atom is 0.255 e. The number of hydrogen-bond acceptors (Lipinski definition) is 8. The molecular weight excluding hydrogens is 771 g/mol. The van der Waals surface area contributed by atoms with Crippen molar-refractivity contribution in [3.8, 4) is 5.75 Å². The molecule has 4 aromatic rings. The number of fused-ring (bicyclic) bond motifs is 5. The van der Waals surface area contributed by atoms with Crippen LogP contribution in [0.5, 0.6) is 5.75 Å². The normalized spacial score (nSPS) is 20.4. The highest BCUT2D eigenvalue weighted by atomic mass is 16.5. The van der Waals surface area contributed by atoms with Gasteiger partial charge in [-0.05, 0) is 80.0 Å². The molecule has 4 amide bonds. The van der Waals surface area contributed by atoms with E-state index in [4.69, 9.17) is 11.3 Å². The van der Waals surface area contributed by atoms with Gasteiger partial charge in [0.25, 0.3) is 5.91 Å². The quantitative estimate of drug-likeness (QED) is 0.108. The fraction of sp³-hybridized carbons (Fsp3) is 0.458. The van der Waals surface area contributed by atoms with E-state index in [0.29, 0.717) is 55.3 Å². The minimum atomic E-state index is -0.672. The topological polar surface area (TPSA) is 140 Å². The van der Waals surface area contributed by atoms with Gasteiger partial charge in [0.1, 0.15) is 11.8 Å². The van der Waals surface area contributed by atoms with E-state index < -0.39 is 17.4 Å². The van der Waals surface area contributed by atoms with Crippen molar-refractivity contribution >= 4 is 51.7 Å². The van der Waals surface area contributed by atoms with Gasteiger partial charge >= 0.3 is 0 Å². The number of unbranched alkanes of at least 4 members (excludes halogenated alkanes) is 1. The highest BCUT2D eigenvalue weighted by Crippen LogP contribution is 2.46. The first kappa shape index (κ1) is 40.4. The molecule has 0 spiro atoms. The Hall–Kier alpha value is -6.00. The van der Waals surface area contributed by atoms with Crippen LogP contribution in [0.3, 0.4) is 0 Å². The summed E-state index contributed by atoms with van der Waals surface area (Å²) in [6.07, 6.45) is 5.30. The van der Waals surface area contributed by atoms with Gasteiger partial charge in [-0.2, -0.15) is 0 Å². The molecule has 5 aliphatic rings. The third-order valence-electron chi connectivity index (χ3n) is 13.9. The highest BCUT2D eigenvalue weighted by molar-refractivity contribution is 6.20. The van der Waals surface area contributed by atoms with Crippen LogP contribution in [0.25, 0.3) is 15.7 Å². The SMILES string of the molecule is [C-]#[N+]c1ccc2c3c([nH]c2c1)C(C)(C)c1cc(N2CCC(N4CCN(C(=O)CCCCOc5cccc6c5CN(C5CCC(=O)NC5=O)C6=O)CC4)CC2)c(CC)cc1C3=O. The minimum absolute atomic E-state index is 0.0472. The first-order chi connectivity index (χ1) is 29.5. The van der Waals surface area contributed by atoms with Crippen molar-refractivity contribution in [2.75, 3.05) is 50.8 Å². The molecule has 13 heteroatoms. The Bertz CT molecular complexity index is 2500. The summed E-state index contributed by atoms with van der Waals surface area (Å²) in [7, 11) is 0. The second-order valence-corrected chi connectivity index (χ2v) is 17.7. The number of piperazine rings is 1. The molecule has 0 saturated carbocycles. The first-order valence-corrected chi connectivity index (χ1v) is 21.9. The van der Waals surface area contributed by atoms with E-state index in [-0.39, 0.29) is 36.5 Å². The maximum absolute atomic E-state index is 14.1. The van der Waals surface area contributed by atoms with E-state index in [1.165, 1.54) is 16.2 Å². The van der Waals surface area contributed by atoms with Crippen LogP contribution >= 0.6 is 0 Å². The minimum Gasteiger partial charge on any atom is -0.493 e. The number of carbonyl (C=O) groups excluding carboxylic acids is 5. The van der Waals surface area contributed by atoms with Gasteiger partial charge in [0.15, 0.2) is 11.5 Å². The summed E-state index contributed by atoms with van der Waals surface area (Å²) in [5.74, 6) is -0.136. The number of aromatic amines is 1. The fourth-order valence-electron chi connectivity index (χ4n) is 10.4. The number of benzene rings is 3. The zero-order chi connectivity index (χ0) is 42.6. The Labute approximate surface area is 356 Å². The summed E-state index contributed by atoms with van der Waals surface area (Å²) in [5, 5.41) is 3.22. The van der Waals surface area contributed by atoms with E-state index in [1.807, 2.05) is 23.1 Å². The van der Waals surface area contributed by atoms with Gasteiger partial charge in [0.05, 0.1) is 25.3 Å². The number of aryl methyl sites for hydroxylation is 1. The third kappa shape index (κ3) is 7.24. The van der Waals surface area contributed by atoms with E-state index in [1.54, 1.807) is 18.2 Å². The number of rotatable bonds is 10. The molecule has 1 atom stereocenters. The number of ether oxygens (including phenoxy) is 1. The molecule has 1 aromatic heterocycles. The number of amides is 4. The van der Waals surface area contributed by atoms with Crippen molar-refractivity contribution in [3.05, 3.63) is 99.0 Å².